The fraction of sp³-hybridized carbons (Fsp3) is 0.312. The molecule has 1 heterocycles. The highest BCUT2D eigenvalue weighted by Gasteiger charge is 2.01. The van der Waals surface area contributed by atoms with Crippen molar-refractivity contribution in [1.29, 1.82) is 0 Å². The molecule has 2 rings (SSSR count). The Morgan fingerprint density at radius 1 is 1.29 bits per heavy atom. The second-order valence-electron chi connectivity index (χ2n) is 4.83. The molecule has 0 spiro atoms. The predicted molar refractivity (Wildman–Crippen MR) is 95.0 cm³/mol. The summed E-state index contributed by atoms with van der Waals surface area (Å²) in [7, 11) is 0. The smallest absolute Gasteiger partial charge is 0.170 e. The van der Waals surface area contributed by atoms with Crippen molar-refractivity contribution in [2.24, 2.45) is 0 Å². The van der Waals surface area contributed by atoms with Crippen LogP contribution < -0.4 is 10.6 Å². The predicted octanol–water partition coefficient (Wildman–Crippen LogP) is 4.12. The van der Waals surface area contributed by atoms with Gasteiger partial charge in [-0.25, -0.2) is 0 Å². The second-order valence-corrected chi connectivity index (χ2v) is 6.34. The minimum absolute atomic E-state index is 0.669. The number of benzene rings is 1. The van der Waals surface area contributed by atoms with Gasteiger partial charge in [-0.15, -0.1) is 0 Å². The zero-order valence-corrected chi connectivity index (χ0v) is 13.9. The fourth-order valence-corrected chi connectivity index (χ4v) is 2.81. The minimum Gasteiger partial charge on any atom is -0.468 e. The molecule has 1 aromatic carbocycles. The zero-order valence-electron chi connectivity index (χ0n) is 12.3. The Kier molecular flexibility index (Phi) is 6.14. The average molecular weight is 320 g/mol. The number of hydrogen-bond acceptors (Lipinski definition) is 3. The first kappa shape index (κ1) is 15.9. The van der Waals surface area contributed by atoms with Crippen molar-refractivity contribution in [3.05, 3.63) is 53.5 Å². The summed E-state index contributed by atoms with van der Waals surface area (Å²) < 4.78 is 5.29. The van der Waals surface area contributed by atoms with Crippen LogP contribution in [0.25, 0.3) is 0 Å². The van der Waals surface area contributed by atoms with E-state index in [0.29, 0.717) is 5.11 Å². The van der Waals surface area contributed by atoms with Gasteiger partial charge < -0.3 is 15.1 Å². The molecule has 112 valence electrons. The van der Waals surface area contributed by atoms with Gasteiger partial charge in [-0.05, 0) is 55.4 Å². The zero-order chi connectivity index (χ0) is 15.1. The van der Waals surface area contributed by atoms with Crippen LogP contribution in [0.1, 0.15) is 16.9 Å². The van der Waals surface area contributed by atoms with Gasteiger partial charge in [0.25, 0.3) is 0 Å². The molecule has 2 aromatic rings. The SMILES string of the molecule is Cc1ccc(C)c(NC(=S)NCCSCc2ccco2)c1. The summed E-state index contributed by atoms with van der Waals surface area (Å²) in [6.45, 7) is 4.98. The third-order valence-electron chi connectivity index (χ3n) is 3.00. The third kappa shape index (κ3) is 5.44. The molecule has 1 aromatic heterocycles. The molecular formula is C16H20N2OS2. The highest BCUT2D eigenvalue weighted by Crippen LogP contribution is 2.16. The lowest BCUT2D eigenvalue weighted by Crippen LogP contribution is -2.30. The van der Waals surface area contributed by atoms with Crippen LogP contribution in [0.15, 0.2) is 41.0 Å². The van der Waals surface area contributed by atoms with Gasteiger partial charge in [0, 0.05) is 18.0 Å². The second kappa shape index (κ2) is 8.10. The van der Waals surface area contributed by atoms with E-state index in [1.54, 1.807) is 6.26 Å². The van der Waals surface area contributed by atoms with Gasteiger partial charge in [0.2, 0.25) is 0 Å². The van der Waals surface area contributed by atoms with Crippen LogP contribution in [0.5, 0.6) is 0 Å². The van der Waals surface area contributed by atoms with E-state index in [1.165, 1.54) is 11.1 Å². The van der Waals surface area contributed by atoms with E-state index in [4.69, 9.17) is 16.6 Å². The summed E-state index contributed by atoms with van der Waals surface area (Å²) in [6.07, 6.45) is 1.71. The maximum Gasteiger partial charge on any atom is 0.170 e. The third-order valence-corrected chi connectivity index (χ3v) is 4.23. The first-order chi connectivity index (χ1) is 10.1. The summed E-state index contributed by atoms with van der Waals surface area (Å²) in [5.41, 5.74) is 3.48. The van der Waals surface area contributed by atoms with Crippen molar-refractivity contribution in [2.45, 2.75) is 19.6 Å². The molecule has 0 radical (unpaired) electrons. The Bertz CT molecular complexity index is 582. The summed E-state index contributed by atoms with van der Waals surface area (Å²) in [5, 5.41) is 7.14. The first-order valence-corrected chi connectivity index (χ1v) is 8.43. The van der Waals surface area contributed by atoms with E-state index in [9.17, 15) is 0 Å². The monoisotopic (exact) mass is 320 g/mol. The van der Waals surface area contributed by atoms with E-state index < -0.39 is 0 Å². The Balaban J connectivity index is 1.66. The summed E-state index contributed by atoms with van der Waals surface area (Å²) >= 11 is 7.14. The first-order valence-electron chi connectivity index (χ1n) is 6.87. The summed E-state index contributed by atoms with van der Waals surface area (Å²) in [6, 6.07) is 10.2. The van der Waals surface area contributed by atoms with Crippen LogP contribution in [0.4, 0.5) is 5.69 Å². The Labute approximate surface area is 135 Å². The standard InChI is InChI=1S/C16H20N2OS2/c1-12-5-6-13(2)15(10-12)18-16(20)17-7-9-21-11-14-4-3-8-19-14/h3-6,8,10H,7,9,11H2,1-2H3,(H2,17,18,20). The number of nitrogens with one attached hydrogen (secondary N) is 2. The molecule has 0 amide bonds. The van der Waals surface area contributed by atoms with Gasteiger partial charge in [0.05, 0.1) is 12.0 Å². The number of furan rings is 1. The van der Waals surface area contributed by atoms with Gasteiger partial charge in [-0.2, -0.15) is 11.8 Å². The molecule has 5 heteroatoms. The van der Waals surface area contributed by atoms with Crippen molar-refractivity contribution in [2.75, 3.05) is 17.6 Å². The molecule has 0 unspecified atom stereocenters. The van der Waals surface area contributed by atoms with Crippen molar-refractivity contribution >= 4 is 34.8 Å². The van der Waals surface area contributed by atoms with Crippen LogP contribution >= 0.6 is 24.0 Å². The Hall–Kier alpha value is -1.46. The molecule has 0 fully saturated rings. The number of thioether (sulfide) groups is 1. The summed E-state index contributed by atoms with van der Waals surface area (Å²) in [4.78, 5) is 0. The van der Waals surface area contributed by atoms with Crippen LogP contribution in [-0.4, -0.2) is 17.4 Å². The molecule has 0 aliphatic rings. The average Bonchev–Trinajstić information content (AvgIpc) is 2.96. The lowest BCUT2D eigenvalue weighted by atomic mass is 10.1. The van der Waals surface area contributed by atoms with Crippen LogP contribution in [0, 0.1) is 13.8 Å². The maximum absolute atomic E-state index is 5.32. The molecule has 3 nitrogen and oxygen atoms in total. The molecule has 2 N–H and O–H groups in total. The lowest BCUT2D eigenvalue weighted by molar-refractivity contribution is 0.530. The highest BCUT2D eigenvalue weighted by atomic mass is 32.2. The highest BCUT2D eigenvalue weighted by molar-refractivity contribution is 7.98. The van der Waals surface area contributed by atoms with Crippen molar-refractivity contribution in [3.8, 4) is 0 Å². The molecular weight excluding hydrogens is 300 g/mol. The molecule has 0 saturated carbocycles. The van der Waals surface area contributed by atoms with Crippen LogP contribution in [0.3, 0.4) is 0 Å². The topological polar surface area (TPSA) is 37.2 Å². The number of anilines is 1. The van der Waals surface area contributed by atoms with Crippen LogP contribution in [0.2, 0.25) is 0 Å². The van der Waals surface area contributed by atoms with Crippen molar-refractivity contribution in [1.82, 2.24) is 5.32 Å². The maximum atomic E-state index is 5.32. The molecule has 0 atom stereocenters. The van der Waals surface area contributed by atoms with E-state index in [-0.39, 0.29) is 0 Å². The Morgan fingerprint density at radius 2 is 2.14 bits per heavy atom. The van der Waals surface area contributed by atoms with E-state index in [0.717, 1.165) is 29.5 Å². The Morgan fingerprint density at radius 3 is 2.90 bits per heavy atom. The van der Waals surface area contributed by atoms with E-state index in [1.807, 2.05) is 23.9 Å². The molecule has 0 bridgehead atoms. The van der Waals surface area contributed by atoms with Gasteiger partial charge >= 0.3 is 0 Å². The number of hydrogen-bond donors (Lipinski definition) is 2. The fourth-order valence-electron chi connectivity index (χ4n) is 1.84. The molecule has 0 saturated heterocycles. The van der Waals surface area contributed by atoms with E-state index >= 15 is 0 Å². The van der Waals surface area contributed by atoms with Crippen LogP contribution in [-0.2, 0) is 5.75 Å². The van der Waals surface area contributed by atoms with Gasteiger partial charge in [-0.1, -0.05) is 12.1 Å². The van der Waals surface area contributed by atoms with Gasteiger partial charge in [0.15, 0.2) is 5.11 Å². The molecule has 0 aliphatic carbocycles. The quantitative estimate of drug-likeness (QED) is 0.619. The molecule has 0 aliphatic heterocycles. The van der Waals surface area contributed by atoms with Gasteiger partial charge in [-0.3, -0.25) is 0 Å². The van der Waals surface area contributed by atoms with E-state index in [2.05, 4.69) is 42.7 Å². The van der Waals surface area contributed by atoms with Crippen molar-refractivity contribution in [3.63, 3.8) is 0 Å². The van der Waals surface area contributed by atoms with Crippen molar-refractivity contribution < 1.29 is 4.42 Å². The number of thiocarbonyl (C=S) groups is 1. The largest absolute Gasteiger partial charge is 0.468 e. The number of aryl methyl sites for hydroxylation is 2. The lowest BCUT2D eigenvalue weighted by Gasteiger charge is -2.13. The summed E-state index contributed by atoms with van der Waals surface area (Å²) in [5.74, 6) is 2.89. The normalized spacial score (nSPS) is 10.4. The van der Waals surface area contributed by atoms with Gasteiger partial charge in [0.1, 0.15) is 5.76 Å². The molecule has 21 heavy (non-hydrogen) atoms. The number of rotatable bonds is 6. The minimum atomic E-state index is 0.669.